The normalized spacial score (nSPS) is 27.6. The number of amides is 1. The summed E-state index contributed by atoms with van der Waals surface area (Å²) in [5.41, 5.74) is 4.60. The number of nitrogens with zero attached hydrogens (tertiary/aromatic N) is 2. The number of hydrogen-bond acceptors (Lipinski definition) is 5. The molecule has 1 aromatic carbocycles. The number of pyridine rings is 1. The van der Waals surface area contributed by atoms with Crippen molar-refractivity contribution in [1.82, 2.24) is 9.88 Å². The van der Waals surface area contributed by atoms with Crippen molar-refractivity contribution in [2.45, 2.75) is 90.1 Å². The molecule has 5 rings (SSSR count). The van der Waals surface area contributed by atoms with Crippen molar-refractivity contribution in [3.8, 4) is 5.75 Å². The van der Waals surface area contributed by atoms with Crippen molar-refractivity contribution in [3.05, 3.63) is 58.9 Å². The van der Waals surface area contributed by atoms with Crippen LogP contribution in [0.5, 0.6) is 5.75 Å². The highest BCUT2D eigenvalue weighted by molar-refractivity contribution is 5.94. The lowest BCUT2D eigenvalue weighted by Gasteiger charge is -2.51. The van der Waals surface area contributed by atoms with Gasteiger partial charge in [0.05, 0.1) is 19.7 Å². The summed E-state index contributed by atoms with van der Waals surface area (Å²) in [4.78, 5) is 31.4. The smallest absolute Gasteiger partial charge is 0.308 e. The molecule has 1 amide bonds. The second-order valence-corrected chi connectivity index (χ2v) is 13.2. The standard InChI is InChI=1S/C33H44N2O4/c1-32(2,3)39-30(36)14-16-35(5)31(37)22-8-9-25-21(17-22)7-10-27-26(25)13-15-33(4)28(11-12-29(27)33)23-18-24(38-6)20-34-19-23/h8-9,17-20,26-29H,7,10-16H2,1-6H3/t26-,27-,28-,29+,33-/m1/s1. The average Bonchev–Trinajstić information content (AvgIpc) is 3.27. The van der Waals surface area contributed by atoms with E-state index >= 15 is 0 Å². The minimum absolute atomic E-state index is 0.0368. The number of benzene rings is 1. The van der Waals surface area contributed by atoms with Crippen LogP contribution in [0.1, 0.15) is 105 Å². The van der Waals surface area contributed by atoms with Gasteiger partial charge in [-0.3, -0.25) is 14.6 Å². The Hall–Kier alpha value is -2.89. The summed E-state index contributed by atoms with van der Waals surface area (Å²) >= 11 is 0. The molecule has 0 N–H and O–H groups in total. The number of fused-ring (bicyclic) bond motifs is 5. The largest absolute Gasteiger partial charge is 0.495 e. The van der Waals surface area contributed by atoms with Gasteiger partial charge < -0.3 is 14.4 Å². The Morgan fingerprint density at radius 2 is 1.90 bits per heavy atom. The van der Waals surface area contributed by atoms with E-state index in [9.17, 15) is 9.59 Å². The van der Waals surface area contributed by atoms with E-state index in [0.717, 1.165) is 12.2 Å². The van der Waals surface area contributed by atoms with E-state index < -0.39 is 5.60 Å². The molecule has 0 saturated heterocycles. The van der Waals surface area contributed by atoms with Gasteiger partial charge in [0.15, 0.2) is 0 Å². The van der Waals surface area contributed by atoms with E-state index in [0.29, 0.717) is 41.2 Å². The number of carbonyl (C=O) groups is 2. The maximum absolute atomic E-state index is 13.2. The molecule has 0 bridgehead atoms. The highest BCUT2D eigenvalue weighted by Gasteiger charge is 2.55. The Bertz CT molecular complexity index is 1230. The van der Waals surface area contributed by atoms with E-state index in [4.69, 9.17) is 9.47 Å². The number of aromatic nitrogens is 1. The minimum atomic E-state index is -0.516. The van der Waals surface area contributed by atoms with Crippen molar-refractivity contribution >= 4 is 11.9 Å². The molecule has 2 aromatic rings. The van der Waals surface area contributed by atoms with Crippen molar-refractivity contribution in [1.29, 1.82) is 0 Å². The first-order valence-corrected chi connectivity index (χ1v) is 14.6. The van der Waals surface area contributed by atoms with Gasteiger partial charge in [0.2, 0.25) is 0 Å². The van der Waals surface area contributed by atoms with Gasteiger partial charge in [-0.15, -0.1) is 0 Å². The number of rotatable bonds is 6. The molecular weight excluding hydrogens is 488 g/mol. The molecule has 6 nitrogen and oxygen atoms in total. The molecule has 0 radical (unpaired) electrons. The van der Waals surface area contributed by atoms with Gasteiger partial charge in [0, 0.05) is 25.4 Å². The van der Waals surface area contributed by atoms with Crippen LogP contribution in [0.25, 0.3) is 0 Å². The first-order valence-electron chi connectivity index (χ1n) is 14.6. The fourth-order valence-corrected chi connectivity index (χ4v) is 7.97. The zero-order chi connectivity index (χ0) is 27.9. The lowest BCUT2D eigenvalue weighted by atomic mass is 9.53. The first-order chi connectivity index (χ1) is 18.5. The topological polar surface area (TPSA) is 68.7 Å². The van der Waals surface area contributed by atoms with E-state index in [1.54, 1.807) is 25.3 Å². The summed E-state index contributed by atoms with van der Waals surface area (Å²) < 4.78 is 10.9. The molecule has 3 aliphatic rings. The monoisotopic (exact) mass is 532 g/mol. The quantitative estimate of drug-likeness (QED) is 0.396. The van der Waals surface area contributed by atoms with Crippen LogP contribution in [-0.2, 0) is 16.0 Å². The van der Waals surface area contributed by atoms with Crippen LogP contribution in [0.4, 0.5) is 0 Å². The van der Waals surface area contributed by atoms with Crippen molar-refractivity contribution in [2.24, 2.45) is 17.3 Å². The molecule has 1 heterocycles. The van der Waals surface area contributed by atoms with Gasteiger partial charge >= 0.3 is 5.97 Å². The molecule has 0 spiro atoms. The molecule has 2 fully saturated rings. The zero-order valence-electron chi connectivity index (χ0n) is 24.5. The Morgan fingerprint density at radius 1 is 1.10 bits per heavy atom. The molecule has 3 aliphatic carbocycles. The van der Waals surface area contributed by atoms with E-state index in [2.05, 4.69) is 30.1 Å². The predicted octanol–water partition coefficient (Wildman–Crippen LogP) is 6.53. The second-order valence-electron chi connectivity index (χ2n) is 13.2. The predicted molar refractivity (Wildman–Crippen MR) is 152 cm³/mol. The van der Waals surface area contributed by atoms with E-state index in [1.165, 1.54) is 48.8 Å². The van der Waals surface area contributed by atoms with Crippen molar-refractivity contribution in [2.75, 3.05) is 20.7 Å². The molecule has 2 saturated carbocycles. The van der Waals surface area contributed by atoms with Crippen molar-refractivity contribution in [3.63, 3.8) is 0 Å². The Labute approximate surface area is 233 Å². The number of carbonyl (C=O) groups excluding carboxylic acids is 2. The number of aryl methyl sites for hydroxylation is 1. The van der Waals surface area contributed by atoms with Gasteiger partial charge in [-0.25, -0.2) is 0 Å². The van der Waals surface area contributed by atoms with Crippen molar-refractivity contribution < 1.29 is 19.1 Å². The second kappa shape index (κ2) is 10.6. The maximum Gasteiger partial charge on any atom is 0.308 e. The Kier molecular flexibility index (Phi) is 7.51. The summed E-state index contributed by atoms with van der Waals surface area (Å²) in [7, 11) is 3.48. The minimum Gasteiger partial charge on any atom is -0.495 e. The fourth-order valence-electron chi connectivity index (χ4n) is 7.97. The highest BCUT2D eigenvalue weighted by atomic mass is 16.6. The van der Waals surface area contributed by atoms with Crippen LogP contribution in [-0.4, -0.2) is 48.1 Å². The van der Waals surface area contributed by atoms with Gasteiger partial charge in [-0.05, 0) is 123 Å². The molecule has 0 unspecified atom stereocenters. The number of ether oxygens (including phenoxy) is 2. The van der Waals surface area contributed by atoms with Gasteiger partial charge in [0.25, 0.3) is 5.91 Å². The summed E-state index contributed by atoms with van der Waals surface area (Å²) in [5.74, 6) is 3.04. The van der Waals surface area contributed by atoms with Gasteiger partial charge in [0.1, 0.15) is 11.4 Å². The van der Waals surface area contributed by atoms with E-state index in [1.807, 2.05) is 33.0 Å². The number of methoxy groups -OCH3 is 1. The summed E-state index contributed by atoms with van der Waals surface area (Å²) in [6, 6.07) is 8.53. The van der Waals surface area contributed by atoms with E-state index in [-0.39, 0.29) is 18.3 Å². The number of hydrogen-bond donors (Lipinski definition) is 0. The molecule has 1 aromatic heterocycles. The summed E-state index contributed by atoms with van der Waals surface area (Å²) in [6.07, 6.45) is 11.2. The first kappa shape index (κ1) is 27.7. The van der Waals surface area contributed by atoms with Gasteiger partial charge in [-0.1, -0.05) is 13.0 Å². The SMILES string of the molecule is COc1cncc([C@H]2CC[C@H]3[C@@H]4CCc5cc(C(=O)N(C)CCC(=O)OC(C)(C)C)ccc5[C@H]4CC[C@]23C)c1. The van der Waals surface area contributed by atoms with Crippen LogP contribution < -0.4 is 4.74 Å². The third kappa shape index (κ3) is 5.44. The van der Waals surface area contributed by atoms with Gasteiger partial charge in [-0.2, -0.15) is 0 Å². The molecule has 6 heteroatoms. The fraction of sp³-hybridized carbons (Fsp3) is 0.606. The highest BCUT2D eigenvalue weighted by Crippen LogP contribution is 2.65. The Balaban J connectivity index is 1.27. The zero-order valence-corrected chi connectivity index (χ0v) is 24.5. The average molecular weight is 533 g/mol. The maximum atomic E-state index is 13.2. The van der Waals surface area contributed by atoms with Crippen LogP contribution in [0.2, 0.25) is 0 Å². The Morgan fingerprint density at radius 3 is 2.64 bits per heavy atom. The molecule has 39 heavy (non-hydrogen) atoms. The third-order valence-electron chi connectivity index (χ3n) is 9.76. The molecule has 0 aliphatic heterocycles. The lowest BCUT2D eigenvalue weighted by Crippen LogP contribution is -2.41. The number of esters is 1. The van der Waals surface area contributed by atoms with Crippen LogP contribution >= 0.6 is 0 Å². The lowest BCUT2D eigenvalue weighted by molar-refractivity contribution is -0.154. The molecular formula is C33H44N2O4. The van der Waals surface area contributed by atoms with Crippen LogP contribution in [0, 0.1) is 17.3 Å². The van der Waals surface area contributed by atoms with Crippen LogP contribution in [0.3, 0.4) is 0 Å². The summed E-state index contributed by atoms with van der Waals surface area (Å²) in [5, 5.41) is 0. The summed E-state index contributed by atoms with van der Waals surface area (Å²) in [6.45, 7) is 8.43. The molecule has 5 atom stereocenters. The molecule has 210 valence electrons. The third-order valence-corrected chi connectivity index (χ3v) is 9.76. The van der Waals surface area contributed by atoms with Crippen LogP contribution in [0.15, 0.2) is 36.7 Å².